The molecular weight excluding hydrogens is 388 g/mol. The molecule has 2 saturated heterocycles. The summed E-state index contributed by atoms with van der Waals surface area (Å²) in [6.45, 7) is 6.82. The number of rotatable bonds is 6. The second-order valence-electron chi connectivity index (χ2n) is 7.91. The first kappa shape index (κ1) is 20.6. The molecule has 7 nitrogen and oxygen atoms in total. The Morgan fingerprint density at radius 3 is 2.67 bits per heavy atom. The van der Waals surface area contributed by atoms with Gasteiger partial charge < -0.3 is 28.4 Å². The maximum Gasteiger partial charge on any atom is 0.310 e. The third kappa shape index (κ3) is 3.41. The van der Waals surface area contributed by atoms with Gasteiger partial charge in [0.05, 0.1) is 33.9 Å². The van der Waals surface area contributed by atoms with E-state index in [-0.39, 0.29) is 36.6 Å². The maximum atomic E-state index is 12.7. The Morgan fingerprint density at radius 2 is 1.97 bits per heavy atom. The number of ether oxygens (including phenoxy) is 6. The number of fused-ring (bicyclic) bond motifs is 2. The molecule has 0 radical (unpaired) electrons. The fourth-order valence-electron chi connectivity index (χ4n) is 4.86. The van der Waals surface area contributed by atoms with Crippen molar-refractivity contribution < 1.29 is 33.2 Å². The molecule has 7 heteroatoms. The fraction of sp³-hybridized carbons (Fsp3) is 0.522. The smallest absolute Gasteiger partial charge is 0.310 e. The Balaban J connectivity index is 1.75. The average molecular weight is 416 g/mol. The van der Waals surface area contributed by atoms with E-state index in [0.29, 0.717) is 23.9 Å². The van der Waals surface area contributed by atoms with Crippen molar-refractivity contribution in [3.8, 4) is 0 Å². The lowest BCUT2D eigenvalue weighted by molar-refractivity contribution is -0.142. The van der Waals surface area contributed by atoms with E-state index in [1.807, 2.05) is 12.2 Å². The Bertz CT molecular complexity index is 876. The van der Waals surface area contributed by atoms with Gasteiger partial charge in [-0.05, 0) is 36.6 Å². The van der Waals surface area contributed by atoms with Crippen LogP contribution in [0.15, 0.2) is 58.5 Å². The minimum Gasteiger partial charge on any atom is -0.497 e. The summed E-state index contributed by atoms with van der Waals surface area (Å²) in [5.74, 6) is 1.82. The van der Waals surface area contributed by atoms with E-state index in [1.54, 1.807) is 28.3 Å². The highest BCUT2D eigenvalue weighted by atomic mass is 16.7. The van der Waals surface area contributed by atoms with Crippen molar-refractivity contribution in [2.24, 2.45) is 17.8 Å². The lowest BCUT2D eigenvalue weighted by Gasteiger charge is -2.37. The van der Waals surface area contributed by atoms with Gasteiger partial charge in [0.2, 0.25) is 0 Å². The number of cyclic esters (lactones) is 1. The Labute approximate surface area is 176 Å². The highest BCUT2D eigenvalue weighted by Gasteiger charge is 2.49. The standard InChI is InChI=1S/C23H28O7/c1-12(6-19(26-4)22(27-5)13(2)25-3)20-16-9-18-17(29-11-30-18)8-14(16)7-15-10-28-23(24)21(15)20/h6,9,15,17,20-21H,1,7-8,10-11H2,2-5H3. The van der Waals surface area contributed by atoms with Gasteiger partial charge in [-0.15, -0.1) is 0 Å². The lowest BCUT2D eigenvalue weighted by Crippen LogP contribution is -2.34. The summed E-state index contributed by atoms with van der Waals surface area (Å²) in [5, 5.41) is 0. The molecule has 0 saturated carbocycles. The first-order valence-corrected chi connectivity index (χ1v) is 10.1. The van der Waals surface area contributed by atoms with Crippen LogP contribution in [0.2, 0.25) is 0 Å². The van der Waals surface area contributed by atoms with Crippen molar-refractivity contribution in [3.63, 3.8) is 0 Å². The van der Waals surface area contributed by atoms with Gasteiger partial charge in [-0.1, -0.05) is 12.2 Å². The molecule has 162 valence electrons. The number of hydrogen-bond donors (Lipinski definition) is 0. The van der Waals surface area contributed by atoms with Gasteiger partial charge in [0, 0.05) is 18.3 Å². The largest absolute Gasteiger partial charge is 0.497 e. The average Bonchev–Trinajstić information content (AvgIpc) is 3.35. The van der Waals surface area contributed by atoms with Crippen LogP contribution in [0.3, 0.4) is 0 Å². The molecule has 2 aliphatic heterocycles. The molecule has 0 aromatic rings. The van der Waals surface area contributed by atoms with E-state index in [9.17, 15) is 4.79 Å². The van der Waals surface area contributed by atoms with Crippen LogP contribution in [-0.2, 0) is 33.2 Å². The van der Waals surface area contributed by atoms with E-state index < -0.39 is 0 Å². The molecule has 0 N–H and O–H groups in total. The van der Waals surface area contributed by atoms with Crippen LogP contribution >= 0.6 is 0 Å². The van der Waals surface area contributed by atoms with Crippen LogP contribution in [0, 0.1) is 17.8 Å². The summed E-state index contributed by atoms with van der Waals surface area (Å²) >= 11 is 0. The Morgan fingerprint density at radius 1 is 1.17 bits per heavy atom. The number of hydrogen-bond acceptors (Lipinski definition) is 7. The molecule has 4 rings (SSSR count). The summed E-state index contributed by atoms with van der Waals surface area (Å²) in [6, 6.07) is 0. The summed E-state index contributed by atoms with van der Waals surface area (Å²) in [6.07, 6.45) is 5.41. The molecule has 4 atom stereocenters. The molecule has 2 aliphatic carbocycles. The molecule has 0 spiro atoms. The van der Waals surface area contributed by atoms with Gasteiger partial charge in [0.25, 0.3) is 0 Å². The third-order valence-corrected chi connectivity index (χ3v) is 6.36. The molecule has 30 heavy (non-hydrogen) atoms. The highest BCUT2D eigenvalue weighted by molar-refractivity contribution is 5.77. The number of carbonyl (C=O) groups is 1. The van der Waals surface area contributed by atoms with Crippen LogP contribution in [0.1, 0.15) is 19.8 Å². The van der Waals surface area contributed by atoms with Crippen molar-refractivity contribution in [2.45, 2.75) is 25.9 Å². The summed E-state index contributed by atoms with van der Waals surface area (Å²) in [7, 11) is 4.69. The minimum absolute atomic E-state index is 0.0373. The van der Waals surface area contributed by atoms with Gasteiger partial charge in [-0.3, -0.25) is 4.79 Å². The van der Waals surface area contributed by atoms with Crippen LogP contribution in [0.4, 0.5) is 0 Å². The van der Waals surface area contributed by atoms with Crippen molar-refractivity contribution in [2.75, 3.05) is 34.7 Å². The highest BCUT2D eigenvalue weighted by Crippen LogP contribution is 2.50. The predicted molar refractivity (Wildman–Crippen MR) is 108 cm³/mol. The summed E-state index contributed by atoms with van der Waals surface area (Å²) in [5.41, 5.74) is 3.11. The summed E-state index contributed by atoms with van der Waals surface area (Å²) in [4.78, 5) is 12.7. The van der Waals surface area contributed by atoms with Crippen LogP contribution in [0.5, 0.6) is 0 Å². The maximum absolute atomic E-state index is 12.7. The van der Waals surface area contributed by atoms with Crippen molar-refractivity contribution in [3.05, 3.63) is 58.5 Å². The van der Waals surface area contributed by atoms with Crippen molar-refractivity contribution in [1.29, 1.82) is 0 Å². The first-order valence-electron chi connectivity index (χ1n) is 10.1. The van der Waals surface area contributed by atoms with Gasteiger partial charge >= 0.3 is 5.97 Å². The molecule has 4 aliphatic rings. The number of methoxy groups -OCH3 is 3. The fourth-order valence-corrected chi connectivity index (χ4v) is 4.86. The van der Waals surface area contributed by atoms with Crippen LogP contribution in [-0.4, -0.2) is 46.8 Å². The second kappa shape index (κ2) is 8.22. The summed E-state index contributed by atoms with van der Waals surface area (Å²) < 4.78 is 33.2. The zero-order valence-electron chi connectivity index (χ0n) is 17.9. The van der Waals surface area contributed by atoms with E-state index in [4.69, 9.17) is 28.4 Å². The van der Waals surface area contributed by atoms with Crippen LogP contribution < -0.4 is 0 Å². The molecule has 0 aromatic heterocycles. The molecule has 4 unspecified atom stereocenters. The molecule has 0 aromatic carbocycles. The van der Waals surface area contributed by atoms with E-state index >= 15 is 0 Å². The number of allylic oxidation sites excluding steroid dienone is 5. The molecular formula is C23H28O7. The minimum atomic E-state index is -0.278. The SMILES string of the molecule is C=C(C=C(OC)C(OC)=C(C)OC)C1C2=C(CC3OCOC3=C2)CC2COC(=O)C21. The molecule has 2 fully saturated rings. The normalized spacial score (nSPS) is 30.9. The van der Waals surface area contributed by atoms with Gasteiger partial charge in [0.15, 0.2) is 18.3 Å². The molecule has 0 amide bonds. The van der Waals surface area contributed by atoms with Gasteiger partial charge in [0.1, 0.15) is 17.6 Å². The zero-order chi connectivity index (χ0) is 21.4. The lowest BCUT2D eigenvalue weighted by atomic mass is 9.65. The predicted octanol–water partition coefficient (Wildman–Crippen LogP) is 3.36. The first-order chi connectivity index (χ1) is 14.5. The Hall–Kier alpha value is -2.67. The molecule has 2 heterocycles. The van der Waals surface area contributed by atoms with E-state index in [0.717, 1.165) is 29.7 Å². The molecule has 0 bridgehead atoms. The van der Waals surface area contributed by atoms with Crippen molar-refractivity contribution in [1.82, 2.24) is 0 Å². The number of esters is 1. The Kier molecular flexibility index (Phi) is 5.64. The monoisotopic (exact) mass is 416 g/mol. The quantitative estimate of drug-likeness (QED) is 0.373. The van der Waals surface area contributed by atoms with Crippen LogP contribution in [0.25, 0.3) is 0 Å². The van der Waals surface area contributed by atoms with Gasteiger partial charge in [-0.25, -0.2) is 0 Å². The van der Waals surface area contributed by atoms with E-state index in [1.165, 1.54) is 5.57 Å². The number of carbonyl (C=O) groups excluding carboxylic acids is 1. The van der Waals surface area contributed by atoms with Gasteiger partial charge in [-0.2, -0.15) is 0 Å². The second-order valence-corrected chi connectivity index (χ2v) is 7.91. The van der Waals surface area contributed by atoms with Crippen molar-refractivity contribution >= 4 is 5.97 Å². The zero-order valence-corrected chi connectivity index (χ0v) is 17.9. The van der Waals surface area contributed by atoms with E-state index in [2.05, 4.69) is 6.58 Å². The third-order valence-electron chi connectivity index (χ3n) is 6.36. The topological polar surface area (TPSA) is 72.5 Å².